The van der Waals surface area contributed by atoms with Crippen molar-refractivity contribution in [3.8, 4) is 11.8 Å². The fourth-order valence-corrected chi connectivity index (χ4v) is 2.30. The first-order chi connectivity index (χ1) is 9.93. The number of hydrogen-bond acceptors (Lipinski definition) is 3. The van der Waals surface area contributed by atoms with Crippen LogP contribution in [-0.4, -0.2) is 19.1 Å². The molecule has 0 aliphatic carbocycles. The van der Waals surface area contributed by atoms with E-state index < -0.39 is 0 Å². The Morgan fingerprint density at radius 3 is 2.24 bits per heavy atom. The lowest BCUT2D eigenvalue weighted by atomic mass is 9.85. The summed E-state index contributed by atoms with van der Waals surface area (Å²) >= 11 is 0. The molecule has 0 radical (unpaired) electrons. The van der Waals surface area contributed by atoms with Gasteiger partial charge in [-0.3, -0.25) is 4.79 Å². The van der Waals surface area contributed by atoms with E-state index in [4.69, 9.17) is 10.00 Å². The van der Waals surface area contributed by atoms with E-state index in [1.54, 1.807) is 24.3 Å². The second kappa shape index (κ2) is 8.31. The molecule has 0 bridgehead atoms. The molecule has 4 heteroatoms. The number of amides is 1. The fourth-order valence-electron chi connectivity index (χ4n) is 2.30. The SMILES string of the molecule is CC(C)C(CNC(=O)COc1ccc(C#N)cc1)C(C)C. The Morgan fingerprint density at radius 2 is 1.76 bits per heavy atom. The van der Waals surface area contributed by atoms with E-state index in [0.29, 0.717) is 35.6 Å². The first kappa shape index (κ1) is 17.0. The van der Waals surface area contributed by atoms with Crippen LogP contribution in [0.3, 0.4) is 0 Å². The van der Waals surface area contributed by atoms with Gasteiger partial charge in [0, 0.05) is 6.54 Å². The third kappa shape index (κ3) is 5.86. The van der Waals surface area contributed by atoms with Crippen molar-refractivity contribution in [1.29, 1.82) is 5.26 Å². The maximum absolute atomic E-state index is 11.8. The Balaban J connectivity index is 2.38. The zero-order valence-electron chi connectivity index (χ0n) is 13.2. The van der Waals surface area contributed by atoms with Gasteiger partial charge in [0.15, 0.2) is 6.61 Å². The predicted octanol–water partition coefficient (Wildman–Crippen LogP) is 2.98. The summed E-state index contributed by atoms with van der Waals surface area (Å²) in [5.74, 6) is 2.00. The van der Waals surface area contributed by atoms with Crippen molar-refractivity contribution in [2.24, 2.45) is 17.8 Å². The smallest absolute Gasteiger partial charge is 0.257 e. The van der Waals surface area contributed by atoms with Gasteiger partial charge in [-0.15, -0.1) is 0 Å². The molecule has 1 amide bonds. The Kier molecular flexibility index (Phi) is 6.74. The van der Waals surface area contributed by atoms with E-state index in [0.717, 1.165) is 0 Å². The van der Waals surface area contributed by atoms with Crippen molar-refractivity contribution in [2.45, 2.75) is 27.7 Å². The largest absolute Gasteiger partial charge is 0.484 e. The summed E-state index contributed by atoms with van der Waals surface area (Å²) in [6, 6.07) is 8.76. The van der Waals surface area contributed by atoms with Crippen molar-refractivity contribution >= 4 is 5.91 Å². The summed E-state index contributed by atoms with van der Waals surface area (Å²) in [4.78, 5) is 11.8. The van der Waals surface area contributed by atoms with Crippen LogP contribution >= 0.6 is 0 Å². The number of ether oxygens (including phenoxy) is 1. The van der Waals surface area contributed by atoms with Crippen LogP contribution in [-0.2, 0) is 4.79 Å². The van der Waals surface area contributed by atoms with Gasteiger partial charge in [0.25, 0.3) is 5.91 Å². The second-order valence-corrected chi connectivity index (χ2v) is 5.88. The minimum absolute atomic E-state index is 0.00515. The molecule has 1 aromatic carbocycles. The Hall–Kier alpha value is -2.02. The van der Waals surface area contributed by atoms with Gasteiger partial charge in [0.1, 0.15) is 5.75 Å². The standard InChI is InChI=1S/C17H24N2O2/c1-12(2)16(13(3)4)10-19-17(20)11-21-15-7-5-14(9-18)6-8-15/h5-8,12-13,16H,10-11H2,1-4H3,(H,19,20). The van der Waals surface area contributed by atoms with Crippen molar-refractivity contribution < 1.29 is 9.53 Å². The molecule has 0 saturated carbocycles. The highest BCUT2D eigenvalue weighted by atomic mass is 16.5. The van der Waals surface area contributed by atoms with E-state index >= 15 is 0 Å². The number of rotatable bonds is 7. The average Bonchev–Trinajstić information content (AvgIpc) is 2.45. The van der Waals surface area contributed by atoms with E-state index in [9.17, 15) is 4.79 Å². The van der Waals surface area contributed by atoms with Crippen LogP contribution in [0.25, 0.3) is 0 Å². The molecule has 0 unspecified atom stereocenters. The topological polar surface area (TPSA) is 62.1 Å². The van der Waals surface area contributed by atoms with Crippen LogP contribution < -0.4 is 10.1 Å². The summed E-state index contributed by atoms with van der Waals surface area (Å²) in [6.07, 6.45) is 0. The van der Waals surface area contributed by atoms with Crippen LogP contribution in [0.5, 0.6) is 5.75 Å². The number of carbonyl (C=O) groups excluding carboxylic acids is 1. The number of nitriles is 1. The molecule has 114 valence electrons. The average molecular weight is 288 g/mol. The molecule has 21 heavy (non-hydrogen) atoms. The molecule has 0 fully saturated rings. The molecule has 4 nitrogen and oxygen atoms in total. The highest BCUT2D eigenvalue weighted by molar-refractivity contribution is 5.77. The zero-order chi connectivity index (χ0) is 15.8. The molecule has 0 aliphatic rings. The lowest BCUT2D eigenvalue weighted by Gasteiger charge is -2.25. The summed E-state index contributed by atoms with van der Waals surface area (Å²) in [7, 11) is 0. The Bertz CT molecular complexity index is 479. The highest BCUT2D eigenvalue weighted by Gasteiger charge is 2.18. The van der Waals surface area contributed by atoms with Crippen LogP contribution in [0, 0.1) is 29.1 Å². The Morgan fingerprint density at radius 1 is 1.19 bits per heavy atom. The minimum Gasteiger partial charge on any atom is -0.484 e. The van der Waals surface area contributed by atoms with Crippen LogP contribution in [0.2, 0.25) is 0 Å². The first-order valence-electron chi connectivity index (χ1n) is 7.33. The number of nitrogens with zero attached hydrogens (tertiary/aromatic N) is 1. The molecular formula is C17H24N2O2. The van der Waals surface area contributed by atoms with E-state index in [2.05, 4.69) is 33.0 Å². The third-order valence-corrected chi connectivity index (χ3v) is 3.60. The lowest BCUT2D eigenvalue weighted by molar-refractivity contribution is -0.123. The van der Waals surface area contributed by atoms with E-state index in [1.165, 1.54) is 0 Å². The molecule has 1 rings (SSSR count). The molecule has 0 aromatic heterocycles. The van der Waals surface area contributed by atoms with Gasteiger partial charge < -0.3 is 10.1 Å². The van der Waals surface area contributed by atoms with Gasteiger partial charge in [-0.05, 0) is 42.0 Å². The molecule has 0 saturated heterocycles. The first-order valence-corrected chi connectivity index (χ1v) is 7.33. The van der Waals surface area contributed by atoms with Crippen molar-refractivity contribution in [3.63, 3.8) is 0 Å². The normalized spacial score (nSPS) is 10.8. The summed E-state index contributed by atoms with van der Waals surface area (Å²) in [6.45, 7) is 9.35. The molecule has 0 atom stereocenters. The van der Waals surface area contributed by atoms with Gasteiger partial charge >= 0.3 is 0 Å². The van der Waals surface area contributed by atoms with E-state index in [1.807, 2.05) is 6.07 Å². The predicted molar refractivity (Wildman–Crippen MR) is 82.8 cm³/mol. The van der Waals surface area contributed by atoms with Crippen molar-refractivity contribution in [1.82, 2.24) is 5.32 Å². The number of nitrogens with one attached hydrogen (secondary N) is 1. The monoisotopic (exact) mass is 288 g/mol. The minimum atomic E-state index is -0.120. The maximum Gasteiger partial charge on any atom is 0.257 e. The van der Waals surface area contributed by atoms with Crippen molar-refractivity contribution in [2.75, 3.05) is 13.2 Å². The van der Waals surface area contributed by atoms with Gasteiger partial charge in [-0.2, -0.15) is 5.26 Å². The Labute approximate surface area is 127 Å². The van der Waals surface area contributed by atoms with Crippen LogP contribution in [0.15, 0.2) is 24.3 Å². The number of hydrogen-bond donors (Lipinski definition) is 1. The molecule has 1 aromatic rings. The molecule has 0 heterocycles. The fraction of sp³-hybridized carbons (Fsp3) is 0.529. The summed E-state index contributed by atoms with van der Waals surface area (Å²) in [5.41, 5.74) is 0.573. The van der Waals surface area contributed by atoms with Gasteiger partial charge in [0.2, 0.25) is 0 Å². The van der Waals surface area contributed by atoms with E-state index in [-0.39, 0.29) is 12.5 Å². The highest BCUT2D eigenvalue weighted by Crippen LogP contribution is 2.19. The molecule has 1 N–H and O–H groups in total. The second-order valence-electron chi connectivity index (χ2n) is 5.88. The van der Waals surface area contributed by atoms with Crippen LogP contribution in [0.4, 0.5) is 0 Å². The molecular weight excluding hydrogens is 264 g/mol. The van der Waals surface area contributed by atoms with Crippen molar-refractivity contribution in [3.05, 3.63) is 29.8 Å². The molecule has 0 spiro atoms. The third-order valence-electron chi connectivity index (χ3n) is 3.60. The van der Waals surface area contributed by atoms with Gasteiger partial charge in [0.05, 0.1) is 11.6 Å². The zero-order valence-corrected chi connectivity index (χ0v) is 13.2. The number of benzene rings is 1. The summed E-state index contributed by atoms with van der Waals surface area (Å²) in [5, 5.41) is 11.6. The van der Waals surface area contributed by atoms with Crippen LogP contribution in [0.1, 0.15) is 33.3 Å². The maximum atomic E-state index is 11.8. The number of carbonyl (C=O) groups is 1. The van der Waals surface area contributed by atoms with Gasteiger partial charge in [-0.1, -0.05) is 27.7 Å². The molecule has 0 aliphatic heterocycles. The van der Waals surface area contributed by atoms with Gasteiger partial charge in [-0.25, -0.2) is 0 Å². The lowest BCUT2D eigenvalue weighted by Crippen LogP contribution is -2.36. The quantitative estimate of drug-likeness (QED) is 0.839. The summed E-state index contributed by atoms with van der Waals surface area (Å²) < 4.78 is 5.40.